The molecule has 23 heavy (non-hydrogen) atoms. The Labute approximate surface area is 143 Å². The predicted molar refractivity (Wildman–Crippen MR) is 96.8 cm³/mol. The highest BCUT2D eigenvalue weighted by atomic mass is 32.2. The Bertz CT molecular complexity index is 520. The van der Waals surface area contributed by atoms with Gasteiger partial charge in [-0.2, -0.15) is 0 Å². The number of hydrogen-bond donors (Lipinski definition) is 1. The van der Waals surface area contributed by atoms with Gasteiger partial charge in [0.1, 0.15) is 5.25 Å². The lowest BCUT2D eigenvalue weighted by atomic mass is 9.93. The maximum atomic E-state index is 11.9. The van der Waals surface area contributed by atoms with Crippen LogP contribution in [0.2, 0.25) is 0 Å². The third-order valence-electron chi connectivity index (χ3n) is 3.23. The molecule has 1 atom stereocenters. The van der Waals surface area contributed by atoms with Gasteiger partial charge in [-0.05, 0) is 37.8 Å². The highest BCUT2D eigenvalue weighted by Crippen LogP contribution is 2.19. The van der Waals surface area contributed by atoms with E-state index < -0.39 is 0 Å². The van der Waals surface area contributed by atoms with Crippen LogP contribution < -0.4 is 5.32 Å². The molecule has 1 aromatic carbocycles. The number of thioether (sulfide) groups is 1. The molecule has 4 nitrogen and oxygen atoms in total. The molecule has 0 bridgehead atoms. The molecule has 0 aliphatic heterocycles. The largest absolute Gasteiger partial charge is 0.465 e. The van der Waals surface area contributed by atoms with Crippen LogP contribution in [0.4, 0.5) is 5.69 Å². The minimum absolute atomic E-state index is 0.117. The zero-order valence-corrected chi connectivity index (χ0v) is 15.5. The van der Waals surface area contributed by atoms with Crippen LogP contribution in [0.1, 0.15) is 39.7 Å². The van der Waals surface area contributed by atoms with E-state index in [1.807, 2.05) is 31.2 Å². The van der Waals surface area contributed by atoms with Crippen molar-refractivity contribution in [1.29, 1.82) is 0 Å². The molecule has 1 N–H and O–H groups in total. The molecule has 0 heterocycles. The fourth-order valence-electron chi connectivity index (χ4n) is 1.68. The van der Waals surface area contributed by atoms with E-state index in [-0.39, 0.29) is 28.3 Å². The zero-order valence-electron chi connectivity index (χ0n) is 14.6. The van der Waals surface area contributed by atoms with Crippen LogP contribution in [-0.4, -0.2) is 29.5 Å². The van der Waals surface area contributed by atoms with Crippen molar-refractivity contribution in [2.75, 3.05) is 17.7 Å². The van der Waals surface area contributed by atoms with Gasteiger partial charge >= 0.3 is 5.97 Å². The average Bonchev–Trinajstić information content (AvgIpc) is 2.45. The molecule has 1 amide bonds. The summed E-state index contributed by atoms with van der Waals surface area (Å²) in [6.07, 6.45) is 0.823. The van der Waals surface area contributed by atoms with Gasteiger partial charge in [-0.15, -0.1) is 11.8 Å². The van der Waals surface area contributed by atoms with Crippen molar-refractivity contribution in [2.24, 2.45) is 5.41 Å². The highest BCUT2D eigenvalue weighted by molar-refractivity contribution is 8.01. The van der Waals surface area contributed by atoms with Crippen LogP contribution in [0, 0.1) is 12.3 Å². The molecule has 0 spiro atoms. The minimum atomic E-state index is -0.348. The SMILES string of the molecule is Cc1ccc(NC(=O)CSC(C)C(=O)OCCC(C)(C)C)cc1. The van der Waals surface area contributed by atoms with Gasteiger partial charge in [-0.25, -0.2) is 0 Å². The molecular formula is C18H27NO3S. The molecule has 1 rings (SSSR count). The summed E-state index contributed by atoms with van der Waals surface area (Å²) in [5.41, 5.74) is 2.05. The molecule has 0 aliphatic carbocycles. The summed E-state index contributed by atoms with van der Waals surface area (Å²) >= 11 is 1.29. The van der Waals surface area contributed by atoms with Gasteiger partial charge in [-0.3, -0.25) is 9.59 Å². The van der Waals surface area contributed by atoms with E-state index >= 15 is 0 Å². The standard InChI is InChI=1S/C18H27NO3S/c1-13-6-8-15(9-7-13)19-16(20)12-23-14(2)17(21)22-11-10-18(3,4)5/h6-9,14H,10-12H2,1-5H3,(H,19,20). The second kappa shape index (κ2) is 8.96. The molecule has 5 heteroatoms. The summed E-state index contributed by atoms with van der Waals surface area (Å²) in [7, 11) is 0. The van der Waals surface area contributed by atoms with Gasteiger partial charge < -0.3 is 10.1 Å². The molecule has 0 radical (unpaired) electrons. The van der Waals surface area contributed by atoms with Gasteiger partial charge in [0.25, 0.3) is 0 Å². The van der Waals surface area contributed by atoms with Crippen LogP contribution in [0.15, 0.2) is 24.3 Å². The highest BCUT2D eigenvalue weighted by Gasteiger charge is 2.18. The Morgan fingerprint density at radius 2 is 1.83 bits per heavy atom. The molecule has 128 valence electrons. The Kier molecular flexibility index (Phi) is 7.62. The number of nitrogens with one attached hydrogen (secondary N) is 1. The van der Waals surface area contributed by atoms with E-state index in [0.29, 0.717) is 6.61 Å². The average molecular weight is 337 g/mol. The molecular weight excluding hydrogens is 310 g/mol. The summed E-state index contributed by atoms with van der Waals surface area (Å²) < 4.78 is 5.25. The van der Waals surface area contributed by atoms with Gasteiger partial charge in [0.2, 0.25) is 5.91 Å². The number of anilines is 1. The Balaban J connectivity index is 2.28. The number of ether oxygens (including phenoxy) is 1. The van der Waals surface area contributed by atoms with Crippen molar-refractivity contribution >= 4 is 29.3 Å². The fraction of sp³-hybridized carbons (Fsp3) is 0.556. The monoisotopic (exact) mass is 337 g/mol. The van der Waals surface area contributed by atoms with Gasteiger partial charge in [-0.1, -0.05) is 38.5 Å². The Hall–Kier alpha value is -1.49. The molecule has 1 aromatic rings. The van der Waals surface area contributed by atoms with Crippen LogP contribution in [0.5, 0.6) is 0 Å². The van der Waals surface area contributed by atoms with Crippen molar-refractivity contribution in [1.82, 2.24) is 0 Å². The molecule has 0 saturated heterocycles. The second-order valence-corrected chi connectivity index (χ2v) is 8.17. The van der Waals surface area contributed by atoms with Gasteiger partial charge in [0, 0.05) is 5.69 Å². The maximum Gasteiger partial charge on any atom is 0.318 e. The number of amides is 1. The second-order valence-electron chi connectivity index (χ2n) is 6.85. The normalized spacial score (nSPS) is 12.6. The maximum absolute atomic E-state index is 11.9. The molecule has 0 saturated carbocycles. The first-order valence-corrected chi connectivity index (χ1v) is 8.87. The first-order valence-electron chi connectivity index (χ1n) is 7.82. The zero-order chi connectivity index (χ0) is 17.5. The number of esters is 1. The van der Waals surface area contributed by atoms with Gasteiger partial charge in [0.05, 0.1) is 12.4 Å². The summed E-state index contributed by atoms with van der Waals surface area (Å²) in [6, 6.07) is 7.61. The number of aryl methyl sites for hydroxylation is 1. The first kappa shape index (κ1) is 19.6. The van der Waals surface area contributed by atoms with Crippen LogP contribution in [-0.2, 0) is 14.3 Å². The minimum Gasteiger partial charge on any atom is -0.465 e. The predicted octanol–water partition coefficient (Wildman–Crippen LogP) is 4.03. The Morgan fingerprint density at radius 3 is 2.39 bits per heavy atom. The fourth-order valence-corrected chi connectivity index (χ4v) is 2.36. The smallest absolute Gasteiger partial charge is 0.318 e. The van der Waals surface area contributed by atoms with Crippen molar-refractivity contribution in [3.63, 3.8) is 0 Å². The number of carbonyl (C=O) groups is 2. The topological polar surface area (TPSA) is 55.4 Å². The lowest BCUT2D eigenvalue weighted by Gasteiger charge is -2.18. The van der Waals surface area contributed by atoms with Crippen molar-refractivity contribution in [3.05, 3.63) is 29.8 Å². The van der Waals surface area contributed by atoms with E-state index in [1.54, 1.807) is 6.92 Å². The molecule has 0 aromatic heterocycles. The number of rotatable bonds is 7. The third-order valence-corrected chi connectivity index (χ3v) is 4.35. The Morgan fingerprint density at radius 1 is 1.22 bits per heavy atom. The van der Waals surface area contributed by atoms with E-state index in [1.165, 1.54) is 11.8 Å². The van der Waals surface area contributed by atoms with E-state index in [2.05, 4.69) is 26.1 Å². The summed E-state index contributed by atoms with van der Waals surface area (Å²) in [6.45, 7) is 10.5. The molecule has 0 aliphatic rings. The van der Waals surface area contributed by atoms with E-state index in [4.69, 9.17) is 4.74 Å². The first-order chi connectivity index (χ1) is 10.7. The number of benzene rings is 1. The number of carbonyl (C=O) groups excluding carboxylic acids is 2. The lowest BCUT2D eigenvalue weighted by molar-refractivity contribution is -0.143. The van der Waals surface area contributed by atoms with Crippen LogP contribution >= 0.6 is 11.8 Å². The van der Waals surface area contributed by atoms with Gasteiger partial charge in [0.15, 0.2) is 0 Å². The quantitative estimate of drug-likeness (QED) is 0.763. The summed E-state index contributed by atoms with van der Waals surface area (Å²) in [5.74, 6) is -0.153. The van der Waals surface area contributed by atoms with Crippen molar-refractivity contribution < 1.29 is 14.3 Å². The number of hydrogen-bond acceptors (Lipinski definition) is 4. The summed E-state index contributed by atoms with van der Waals surface area (Å²) in [5, 5.41) is 2.47. The van der Waals surface area contributed by atoms with Crippen molar-refractivity contribution in [3.8, 4) is 0 Å². The van der Waals surface area contributed by atoms with E-state index in [0.717, 1.165) is 17.7 Å². The van der Waals surface area contributed by atoms with E-state index in [9.17, 15) is 9.59 Å². The van der Waals surface area contributed by atoms with Crippen LogP contribution in [0.25, 0.3) is 0 Å². The molecule has 1 unspecified atom stereocenters. The lowest BCUT2D eigenvalue weighted by Crippen LogP contribution is -2.22. The van der Waals surface area contributed by atoms with Crippen LogP contribution in [0.3, 0.4) is 0 Å². The summed E-state index contributed by atoms with van der Waals surface area (Å²) in [4.78, 5) is 23.7. The third kappa shape index (κ3) is 8.65. The molecule has 0 fully saturated rings. The van der Waals surface area contributed by atoms with Crippen molar-refractivity contribution in [2.45, 2.75) is 46.3 Å².